The fraction of sp³-hybridized carbons (Fsp3) is 0.333. The quantitative estimate of drug-likeness (QED) is 0.848. The van der Waals surface area contributed by atoms with Gasteiger partial charge < -0.3 is 15.2 Å². The molecule has 3 nitrogen and oxygen atoms in total. The molecule has 0 amide bonds. The molecule has 3 heteroatoms. The molecule has 2 rings (SSSR count). The fourth-order valence-electron chi connectivity index (χ4n) is 2.30. The van der Waals surface area contributed by atoms with Crippen LogP contribution in [0.5, 0.6) is 11.5 Å². The first-order chi connectivity index (χ1) is 10.2. The molecule has 0 saturated heterocycles. The Hall–Kier alpha value is -2.00. The Morgan fingerprint density at radius 3 is 2.52 bits per heavy atom. The van der Waals surface area contributed by atoms with Crippen molar-refractivity contribution in [1.82, 2.24) is 0 Å². The van der Waals surface area contributed by atoms with Crippen molar-refractivity contribution in [3.63, 3.8) is 0 Å². The molecular weight excluding hydrogens is 262 g/mol. The van der Waals surface area contributed by atoms with Crippen molar-refractivity contribution in [2.24, 2.45) is 5.73 Å². The third-order valence-electron chi connectivity index (χ3n) is 3.40. The molecule has 1 atom stereocenters. The highest BCUT2D eigenvalue weighted by molar-refractivity contribution is 5.39. The van der Waals surface area contributed by atoms with Gasteiger partial charge in [-0.2, -0.15) is 0 Å². The Kier molecular flexibility index (Phi) is 5.64. The van der Waals surface area contributed by atoms with E-state index >= 15 is 0 Å². The molecule has 0 spiro atoms. The highest BCUT2D eigenvalue weighted by Crippen LogP contribution is 2.25. The van der Waals surface area contributed by atoms with Gasteiger partial charge in [0.1, 0.15) is 0 Å². The minimum Gasteiger partial charge on any atom is -0.493 e. The Morgan fingerprint density at radius 2 is 1.81 bits per heavy atom. The van der Waals surface area contributed by atoms with Crippen LogP contribution in [-0.4, -0.2) is 19.8 Å². The standard InChI is InChI=1S/C18H23NO2/c1-14-6-5-7-15(12-14)13-16(19)10-11-21-18-9-4-3-8-17(18)20-2/h3-9,12,16H,10-11,13,19H2,1-2H3. The Labute approximate surface area is 126 Å². The lowest BCUT2D eigenvalue weighted by Gasteiger charge is -2.14. The number of para-hydroxylation sites is 2. The van der Waals surface area contributed by atoms with Gasteiger partial charge in [-0.15, -0.1) is 0 Å². The Morgan fingerprint density at radius 1 is 1.05 bits per heavy atom. The lowest BCUT2D eigenvalue weighted by atomic mass is 10.0. The van der Waals surface area contributed by atoms with Gasteiger partial charge in [0.15, 0.2) is 11.5 Å². The van der Waals surface area contributed by atoms with Crippen LogP contribution in [-0.2, 0) is 6.42 Å². The van der Waals surface area contributed by atoms with Gasteiger partial charge >= 0.3 is 0 Å². The zero-order valence-corrected chi connectivity index (χ0v) is 12.7. The van der Waals surface area contributed by atoms with Gasteiger partial charge in [0.2, 0.25) is 0 Å². The molecule has 2 aromatic rings. The van der Waals surface area contributed by atoms with Gasteiger partial charge in [0.25, 0.3) is 0 Å². The number of hydrogen-bond acceptors (Lipinski definition) is 3. The van der Waals surface area contributed by atoms with E-state index in [1.54, 1.807) is 7.11 Å². The number of methoxy groups -OCH3 is 1. The van der Waals surface area contributed by atoms with Crippen LogP contribution in [0, 0.1) is 6.92 Å². The lowest BCUT2D eigenvalue weighted by Crippen LogP contribution is -2.25. The molecule has 0 aliphatic heterocycles. The maximum absolute atomic E-state index is 6.18. The number of hydrogen-bond donors (Lipinski definition) is 1. The molecule has 2 aromatic carbocycles. The van der Waals surface area contributed by atoms with E-state index in [4.69, 9.17) is 15.2 Å². The fourth-order valence-corrected chi connectivity index (χ4v) is 2.30. The summed E-state index contributed by atoms with van der Waals surface area (Å²) >= 11 is 0. The maximum Gasteiger partial charge on any atom is 0.161 e. The molecule has 21 heavy (non-hydrogen) atoms. The minimum atomic E-state index is 0.0986. The summed E-state index contributed by atoms with van der Waals surface area (Å²) in [5.74, 6) is 1.52. The topological polar surface area (TPSA) is 44.5 Å². The van der Waals surface area contributed by atoms with E-state index in [0.717, 1.165) is 24.3 Å². The third kappa shape index (κ3) is 4.80. The molecule has 0 aliphatic rings. The molecule has 0 radical (unpaired) electrons. The first-order valence-corrected chi connectivity index (χ1v) is 7.26. The van der Waals surface area contributed by atoms with Crippen LogP contribution < -0.4 is 15.2 Å². The van der Waals surface area contributed by atoms with Crippen molar-refractivity contribution in [3.8, 4) is 11.5 Å². The zero-order valence-electron chi connectivity index (χ0n) is 12.7. The SMILES string of the molecule is COc1ccccc1OCCC(N)Cc1cccc(C)c1. The smallest absolute Gasteiger partial charge is 0.161 e. The average Bonchev–Trinajstić information content (AvgIpc) is 2.47. The summed E-state index contributed by atoms with van der Waals surface area (Å²) in [6, 6.07) is 16.2. The van der Waals surface area contributed by atoms with E-state index in [2.05, 4.69) is 31.2 Å². The van der Waals surface area contributed by atoms with Crippen LogP contribution in [0.3, 0.4) is 0 Å². The van der Waals surface area contributed by atoms with Gasteiger partial charge in [-0.25, -0.2) is 0 Å². The minimum absolute atomic E-state index is 0.0986. The predicted octanol–water partition coefficient (Wildman–Crippen LogP) is 3.34. The van der Waals surface area contributed by atoms with Crippen LogP contribution in [0.1, 0.15) is 17.5 Å². The summed E-state index contributed by atoms with van der Waals surface area (Å²) in [5.41, 5.74) is 8.73. The van der Waals surface area contributed by atoms with Crippen molar-refractivity contribution in [2.45, 2.75) is 25.8 Å². The number of ether oxygens (including phenoxy) is 2. The first-order valence-electron chi connectivity index (χ1n) is 7.26. The van der Waals surface area contributed by atoms with E-state index in [0.29, 0.717) is 6.61 Å². The Balaban J connectivity index is 1.80. The number of benzene rings is 2. The molecule has 0 bridgehead atoms. The second-order valence-corrected chi connectivity index (χ2v) is 5.24. The normalized spacial score (nSPS) is 12.0. The van der Waals surface area contributed by atoms with Crippen LogP contribution in [0.2, 0.25) is 0 Å². The Bertz CT molecular complexity index is 569. The van der Waals surface area contributed by atoms with Crippen molar-refractivity contribution in [2.75, 3.05) is 13.7 Å². The molecule has 0 heterocycles. The lowest BCUT2D eigenvalue weighted by molar-refractivity contribution is 0.279. The number of rotatable bonds is 7. The number of nitrogens with two attached hydrogens (primary N) is 1. The highest BCUT2D eigenvalue weighted by Gasteiger charge is 2.07. The van der Waals surface area contributed by atoms with Gasteiger partial charge in [-0.1, -0.05) is 42.0 Å². The van der Waals surface area contributed by atoms with E-state index in [9.17, 15) is 0 Å². The summed E-state index contributed by atoms with van der Waals surface area (Å²) in [6.45, 7) is 2.69. The van der Waals surface area contributed by atoms with Crippen LogP contribution >= 0.6 is 0 Å². The van der Waals surface area contributed by atoms with Crippen molar-refractivity contribution in [3.05, 3.63) is 59.7 Å². The first kappa shape index (κ1) is 15.4. The van der Waals surface area contributed by atoms with Crippen molar-refractivity contribution >= 4 is 0 Å². The molecular formula is C18H23NO2. The van der Waals surface area contributed by atoms with E-state index < -0.39 is 0 Å². The maximum atomic E-state index is 6.18. The number of aryl methyl sites for hydroxylation is 1. The molecule has 0 aromatic heterocycles. The average molecular weight is 285 g/mol. The van der Waals surface area contributed by atoms with Crippen LogP contribution in [0.4, 0.5) is 0 Å². The van der Waals surface area contributed by atoms with E-state index in [-0.39, 0.29) is 6.04 Å². The second-order valence-electron chi connectivity index (χ2n) is 5.24. The van der Waals surface area contributed by atoms with Gasteiger partial charge in [-0.3, -0.25) is 0 Å². The second kappa shape index (κ2) is 7.70. The summed E-state index contributed by atoms with van der Waals surface area (Å²) in [6.07, 6.45) is 1.68. The van der Waals surface area contributed by atoms with Gasteiger partial charge in [-0.05, 0) is 37.5 Å². The van der Waals surface area contributed by atoms with Crippen LogP contribution in [0.15, 0.2) is 48.5 Å². The van der Waals surface area contributed by atoms with Gasteiger partial charge in [0, 0.05) is 6.04 Å². The van der Waals surface area contributed by atoms with Crippen molar-refractivity contribution in [1.29, 1.82) is 0 Å². The van der Waals surface area contributed by atoms with E-state index in [1.165, 1.54) is 11.1 Å². The summed E-state index contributed by atoms with van der Waals surface area (Å²) in [5, 5.41) is 0. The predicted molar refractivity (Wildman–Crippen MR) is 86.0 cm³/mol. The summed E-state index contributed by atoms with van der Waals surface area (Å²) in [7, 11) is 1.64. The van der Waals surface area contributed by atoms with E-state index in [1.807, 2.05) is 24.3 Å². The summed E-state index contributed by atoms with van der Waals surface area (Å²) < 4.78 is 11.0. The molecule has 112 valence electrons. The third-order valence-corrected chi connectivity index (χ3v) is 3.40. The van der Waals surface area contributed by atoms with Gasteiger partial charge in [0.05, 0.1) is 13.7 Å². The van der Waals surface area contributed by atoms with Crippen LogP contribution in [0.25, 0.3) is 0 Å². The van der Waals surface area contributed by atoms with Crippen molar-refractivity contribution < 1.29 is 9.47 Å². The molecule has 0 saturated carbocycles. The molecule has 1 unspecified atom stereocenters. The zero-order chi connectivity index (χ0) is 15.1. The molecule has 0 fully saturated rings. The molecule has 2 N–H and O–H groups in total. The summed E-state index contributed by atoms with van der Waals surface area (Å²) in [4.78, 5) is 0. The molecule has 0 aliphatic carbocycles. The highest BCUT2D eigenvalue weighted by atomic mass is 16.5. The monoisotopic (exact) mass is 285 g/mol. The largest absolute Gasteiger partial charge is 0.493 e.